The molecule has 0 aromatic heterocycles. The number of nitrogens with zero attached hydrogens (tertiary/aromatic N) is 2. The average Bonchev–Trinajstić information content (AvgIpc) is 3.34. The van der Waals surface area contributed by atoms with Gasteiger partial charge in [-0.05, 0) is 19.1 Å². The van der Waals surface area contributed by atoms with Crippen LogP contribution in [0.2, 0.25) is 0 Å². The van der Waals surface area contributed by atoms with E-state index in [1.54, 1.807) is 24.3 Å². The van der Waals surface area contributed by atoms with Crippen LogP contribution in [0.1, 0.15) is 26.2 Å². The number of nitrogens with one attached hydrogen (secondary N) is 2. The van der Waals surface area contributed by atoms with E-state index in [2.05, 4.69) is 26.8 Å². The highest BCUT2D eigenvalue weighted by Crippen LogP contribution is 2.36. The van der Waals surface area contributed by atoms with Crippen molar-refractivity contribution in [2.24, 2.45) is 10.2 Å². The summed E-state index contributed by atoms with van der Waals surface area (Å²) in [7, 11) is 0. The van der Waals surface area contributed by atoms with Crippen molar-refractivity contribution in [1.82, 2.24) is 5.32 Å². The number of carbonyl (C=O) groups excluding carboxylic acids is 2. The Morgan fingerprint density at radius 1 is 1.38 bits per heavy atom. The number of carbonyl (C=O) groups is 2. The van der Waals surface area contributed by atoms with E-state index in [1.165, 1.54) is 6.92 Å². The molecule has 0 fully saturated rings. The molecule has 0 saturated heterocycles. The van der Waals surface area contributed by atoms with E-state index in [1.807, 2.05) is 0 Å². The largest absolute Gasteiger partial charge is 0.466 e. The minimum atomic E-state index is -1.61. The number of amides is 2. The molecule has 2 N–H and O–H groups in total. The molecule has 3 rings (SSSR count). The lowest BCUT2D eigenvalue weighted by atomic mass is 10.0. The van der Waals surface area contributed by atoms with E-state index >= 15 is 0 Å². The first-order valence-corrected chi connectivity index (χ1v) is 7.74. The number of terminal acetylenes is 1. The Morgan fingerprint density at radius 2 is 2.12 bits per heavy atom. The molecule has 0 bridgehead atoms. The molecule has 1 aromatic rings. The number of para-hydroxylation sites is 2. The van der Waals surface area contributed by atoms with Gasteiger partial charge in [0.1, 0.15) is 5.75 Å². The zero-order valence-corrected chi connectivity index (χ0v) is 13.3. The number of fused-ring (bicyclic) bond motifs is 1. The van der Waals surface area contributed by atoms with Crippen LogP contribution < -0.4 is 15.4 Å². The highest BCUT2D eigenvalue weighted by atomic mass is 16.5. The zero-order valence-electron chi connectivity index (χ0n) is 13.3. The van der Waals surface area contributed by atoms with Gasteiger partial charge < -0.3 is 15.4 Å². The monoisotopic (exact) mass is 326 g/mol. The quantitative estimate of drug-likeness (QED) is 0.617. The molecule has 124 valence electrons. The molecular formula is C17H18N4O3. The molecule has 7 heteroatoms. The third-order valence-corrected chi connectivity index (χ3v) is 4.18. The molecule has 2 amide bonds. The van der Waals surface area contributed by atoms with Gasteiger partial charge in [0, 0.05) is 25.8 Å². The summed E-state index contributed by atoms with van der Waals surface area (Å²) < 4.78 is 5.66. The molecule has 1 atom stereocenters. The van der Waals surface area contributed by atoms with Gasteiger partial charge in [-0.15, -0.1) is 12.3 Å². The fraction of sp³-hybridized carbons (Fsp3) is 0.412. The first-order valence-electron chi connectivity index (χ1n) is 7.74. The summed E-state index contributed by atoms with van der Waals surface area (Å²) in [6.07, 6.45) is 7.05. The van der Waals surface area contributed by atoms with Crippen LogP contribution in [-0.2, 0) is 9.59 Å². The van der Waals surface area contributed by atoms with Crippen LogP contribution in [0.15, 0.2) is 34.5 Å². The van der Waals surface area contributed by atoms with Gasteiger partial charge in [0.2, 0.25) is 0 Å². The minimum Gasteiger partial charge on any atom is -0.466 e. The van der Waals surface area contributed by atoms with E-state index < -0.39 is 23.1 Å². The standard InChI is InChI=1S/C17H18N4O3/c1-3-4-9-17(20-21-17)10-11-18-14(22)16(2)15(23)19-12-7-5-6-8-13(12)24-16/h1,5-8H,4,9-11H2,2H3,(H,18,22)(H,19,23). The van der Waals surface area contributed by atoms with Crippen molar-refractivity contribution in [3.63, 3.8) is 0 Å². The second-order valence-electron chi connectivity index (χ2n) is 5.98. The lowest BCUT2D eigenvalue weighted by Crippen LogP contribution is -2.59. The Hall–Kier alpha value is -2.88. The number of hydrogen-bond donors (Lipinski definition) is 2. The molecule has 2 aliphatic heterocycles. The molecule has 0 saturated carbocycles. The third-order valence-electron chi connectivity index (χ3n) is 4.18. The van der Waals surface area contributed by atoms with Crippen molar-refractivity contribution in [1.29, 1.82) is 0 Å². The number of anilines is 1. The lowest BCUT2D eigenvalue weighted by Gasteiger charge is -2.33. The fourth-order valence-electron chi connectivity index (χ4n) is 2.53. The first kappa shape index (κ1) is 16.0. The van der Waals surface area contributed by atoms with Crippen LogP contribution in [0, 0.1) is 12.3 Å². The van der Waals surface area contributed by atoms with Crippen LogP contribution in [0.5, 0.6) is 5.75 Å². The van der Waals surface area contributed by atoms with Gasteiger partial charge in [0.15, 0.2) is 5.66 Å². The summed E-state index contributed by atoms with van der Waals surface area (Å²) in [5.41, 5.74) is -1.53. The van der Waals surface area contributed by atoms with Crippen molar-refractivity contribution in [3.8, 4) is 18.1 Å². The lowest BCUT2D eigenvalue weighted by molar-refractivity contribution is -0.146. The number of rotatable bonds is 6. The van der Waals surface area contributed by atoms with E-state index in [4.69, 9.17) is 11.2 Å². The predicted molar refractivity (Wildman–Crippen MR) is 87.4 cm³/mol. The second-order valence-corrected chi connectivity index (χ2v) is 5.98. The van der Waals surface area contributed by atoms with Crippen LogP contribution in [0.25, 0.3) is 0 Å². The van der Waals surface area contributed by atoms with Crippen LogP contribution >= 0.6 is 0 Å². The predicted octanol–water partition coefficient (Wildman–Crippen LogP) is 1.86. The van der Waals surface area contributed by atoms with Crippen molar-refractivity contribution in [2.75, 3.05) is 11.9 Å². The molecule has 1 unspecified atom stereocenters. The smallest absolute Gasteiger partial charge is 0.278 e. The summed E-state index contributed by atoms with van der Waals surface area (Å²) in [6.45, 7) is 1.79. The van der Waals surface area contributed by atoms with E-state index in [-0.39, 0.29) is 0 Å². The molecule has 2 heterocycles. The molecule has 0 spiro atoms. The molecule has 2 aliphatic rings. The zero-order chi connectivity index (χ0) is 17.2. The molecule has 0 radical (unpaired) electrons. The SMILES string of the molecule is C#CCCC1(CCNC(=O)C2(C)Oc3ccccc3NC2=O)N=N1. The topological polar surface area (TPSA) is 92.2 Å². The summed E-state index contributed by atoms with van der Waals surface area (Å²) in [6, 6.07) is 6.98. The summed E-state index contributed by atoms with van der Waals surface area (Å²) in [4.78, 5) is 24.7. The fourth-order valence-corrected chi connectivity index (χ4v) is 2.53. The normalized spacial score (nSPS) is 22.6. The van der Waals surface area contributed by atoms with Gasteiger partial charge in [-0.3, -0.25) is 9.59 Å². The van der Waals surface area contributed by atoms with Crippen LogP contribution in [-0.4, -0.2) is 29.6 Å². The molecular weight excluding hydrogens is 308 g/mol. The number of benzene rings is 1. The van der Waals surface area contributed by atoms with Crippen molar-refractivity contribution >= 4 is 17.5 Å². The molecule has 0 aliphatic carbocycles. The van der Waals surface area contributed by atoms with Gasteiger partial charge in [0.05, 0.1) is 5.69 Å². The van der Waals surface area contributed by atoms with Gasteiger partial charge in [-0.25, -0.2) is 0 Å². The highest BCUT2D eigenvalue weighted by Gasteiger charge is 2.47. The Bertz CT molecular complexity index is 746. The van der Waals surface area contributed by atoms with Gasteiger partial charge in [-0.1, -0.05) is 12.1 Å². The van der Waals surface area contributed by atoms with E-state index in [0.29, 0.717) is 37.2 Å². The summed E-state index contributed by atoms with van der Waals surface area (Å²) >= 11 is 0. The van der Waals surface area contributed by atoms with Crippen molar-refractivity contribution in [3.05, 3.63) is 24.3 Å². The first-order chi connectivity index (χ1) is 11.5. The Kier molecular flexibility index (Phi) is 3.97. The maximum Gasteiger partial charge on any atom is 0.278 e. The van der Waals surface area contributed by atoms with Gasteiger partial charge in [0.25, 0.3) is 17.4 Å². The van der Waals surface area contributed by atoms with Gasteiger partial charge >= 0.3 is 0 Å². The highest BCUT2D eigenvalue weighted by molar-refractivity contribution is 6.15. The maximum atomic E-state index is 12.5. The maximum absolute atomic E-state index is 12.5. The second kappa shape index (κ2) is 5.96. The van der Waals surface area contributed by atoms with Gasteiger partial charge in [-0.2, -0.15) is 10.2 Å². The summed E-state index contributed by atoms with van der Waals surface area (Å²) in [5, 5.41) is 13.4. The number of ether oxygens (including phenoxy) is 1. The third kappa shape index (κ3) is 2.95. The minimum absolute atomic E-state index is 0.338. The van der Waals surface area contributed by atoms with Crippen molar-refractivity contribution < 1.29 is 14.3 Å². The van der Waals surface area contributed by atoms with E-state index in [0.717, 1.165) is 0 Å². The van der Waals surface area contributed by atoms with Crippen LogP contribution in [0.3, 0.4) is 0 Å². The number of hydrogen-bond acceptors (Lipinski definition) is 5. The van der Waals surface area contributed by atoms with Crippen LogP contribution in [0.4, 0.5) is 5.69 Å². The molecule has 1 aromatic carbocycles. The molecule has 7 nitrogen and oxygen atoms in total. The Morgan fingerprint density at radius 3 is 2.83 bits per heavy atom. The van der Waals surface area contributed by atoms with E-state index in [9.17, 15) is 9.59 Å². The summed E-state index contributed by atoms with van der Waals surface area (Å²) in [5.74, 6) is 2.02. The Balaban J connectivity index is 1.59. The van der Waals surface area contributed by atoms with Crippen molar-refractivity contribution in [2.45, 2.75) is 37.5 Å². The Labute approximate surface area is 139 Å². The molecule has 24 heavy (non-hydrogen) atoms. The average molecular weight is 326 g/mol.